The van der Waals surface area contributed by atoms with Gasteiger partial charge in [0.1, 0.15) is 22.8 Å². The van der Waals surface area contributed by atoms with E-state index in [0.29, 0.717) is 28.9 Å². The molecule has 0 atom stereocenters. The number of methoxy groups -OCH3 is 1. The van der Waals surface area contributed by atoms with Gasteiger partial charge in [0.25, 0.3) is 11.5 Å². The van der Waals surface area contributed by atoms with Crippen LogP contribution in [0.4, 0.5) is 0 Å². The van der Waals surface area contributed by atoms with E-state index < -0.39 is 0 Å². The highest BCUT2D eigenvalue weighted by Gasteiger charge is 2.15. The average Bonchev–Trinajstić information content (AvgIpc) is 3.49. The van der Waals surface area contributed by atoms with Gasteiger partial charge in [-0.2, -0.15) is 5.10 Å². The minimum absolute atomic E-state index is 0.181. The summed E-state index contributed by atoms with van der Waals surface area (Å²) in [6.45, 7) is 2.48. The Kier molecular flexibility index (Phi) is 5.18. The number of nitrogens with zero attached hydrogens (tertiary/aromatic N) is 3. The predicted octanol–water partition coefficient (Wildman–Crippen LogP) is 3.54. The van der Waals surface area contributed by atoms with E-state index in [9.17, 15) is 9.59 Å². The second-order valence-electron chi connectivity index (χ2n) is 7.77. The maximum Gasteiger partial charge on any atom is 0.277 e. The molecule has 1 N–H and O–H groups in total. The summed E-state index contributed by atoms with van der Waals surface area (Å²) in [4.78, 5) is 26.1. The van der Waals surface area contributed by atoms with Gasteiger partial charge in [0.05, 0.1) is 37.4 Å². The molecule has 3 aromatic heterocycles. The number of hydrogen-bond donors (Lipinski definition) is 1. The molecule has 2 aromatic carbocycles. The van der Waals surface area contributed by atoms with Crippen LogP contribution in [0, 0.1) is 6.92 Å². The van der Waals surface area contributed by atoms with E-state index in [4.69, 9.17) is 9.15 Å². The number of nitrogens with one attached hydrogen (secondary N) is 1. The monoisotopic (exact) mass is 442 g/mol. The number of ether oxygens (including phenoxy) is 1. The summed E-state index contributed by atoms with van der Waals surface area (Å²) in [5.74, 6) is 1.95. The average molecular weight is 442 g/mol. The predicted molar refractivity (Wildman–Crippen MR) is 124 cm³/mol. The standard InChI is InChI=1S/C25H22N4O4/c1-16-3-7-20(33-16)14-26-24(30)18-6-10-21-23(13-18)28(25(31)22-11-12-27-29(21)22)15-17-4-8-19(32-2)9-5-17/h3-13H,14-15H2,1-2H3,(H,26,30). The molecule has 8 nitrogen and oxygen atoms in total. The first-order valence-corrected chi connectivity index (χ1v) is 10.5. The van der Waals surface area contributed by atoms with E-state index in [0.717, 1.165) is 22.6 Å². The minimum Gasteiger partial charge on any atom is -0.497 e. The molecule has 33 heavy (non-hydrogen) atoms. The summed E-state index contributed by atoms with van der Waals surface area (Å²) in [6, 6.07) is 18.2. The molecular weight excluding hydrogens is 420 g/mol. The first-order chi connectivity index (χ1) is 16.0. The molecule has 0 aliphatic rings. The number of carbonyl (C=O) groups is 1. The Hall–Kier alpha value is -4.33. The van der Waals surface area contributed by atoms with Crippen molar-refractivity contribution in [2.24, 2.45) is 0 Å². The zero-order chi connectivity index (χ0) is 22.9. The van der Waals surface area contributed by atoms with Crippen molar-refractivity contribution in [1.82, 2.24) is 19.5 Å². The lowest BCUT2D eigenvalue weighted by molar-refractivity contribution is 0.0948. The Bertz CT molecular complexity index is 1530. The molecule has 0 bridgehead atoms. The molecular formula is C25H22N4O4. The highest BCUT2D eigenvalue weighted by Crippen LogP contribution is 2.19. The van der Waals surface area contributed by atoms with Crippen molar-refractivity contribution in [3.8, 4) is 5.75 Å². The normalized spacial score (nSPS) is 11.2. The van der Waals surface area contributed by atoms with Crippen LogP contribution < -0.4 is 15.6 Å². The lowest BCUT2D eigenvalue weighted by Gasteiger charge is -2.14. The second-order valence-corrected chi connectivity index (χ2v) is 7.77. The Morgan fingerprint density at radius 2 is 1.85 bits per heavy atom. The van der Waals surface area contributed by atoms with E-state index in [1.54, 1.807) is 40.6 Å². The quantitative estimate of drug-likeness (QED) is 0.434. The molecule has 166 valence electrons. The molecule has 5 rings (SSSR count). The van der Waals surface area contributed by atoms with Crippen LogP contribution in [0.5, 0.6) is 5.75 Å². The van der Waals surface area contributed by atoms with Crippen molar-refractivity contribution in [2.75, 3.05) is 7.11 Å². The number of aromatic nitrogens is 3. The largest absolute Gasteiger partial charge is 0.497 e. The van der Waals surface area contributed by atoms with Crippen LogP contribution in [-0.2, 0) is 13.1 Å². The molecule has 0 aliphatic carbocycles. The zero-order valence-corrected chi connectivity index (χ0v) is 18.2. The summed E-state index contributed by atoms with van der Waals surface area (Å²) in [5, 5.41) is 7.17. The number of carbonyl (C=O) groups excluding carboxylic acids is 1. The summed E-state index contributed by atoms with van der Waals surface area (Å²) in [6.07, 6.45) is 1.60. The SMILES string of the molecule is COc1ccc(Cn2c(=O)c3ccnn3c3ccc(C(=O)NCc4ccc(C)o4)cc32)cc1. The number of amides is 1. The van der Waals surface area contributed by atoms with Gasteiger partial charge in [0, 0.05) is 5.56 Å². The van der Waals surface area contributed by atoms with Gasteiger partial charge in [0.2, 0.25) is 0 Å². The van der Waals surface area contributed by atoms with Crippen LogP contribution in [0.15, 0.2) is 76.1 Å². The Morgan fingerprint density at radius 1 is 1.03 bits per heavy atom. The molecule has 0 saturated carbocycles. The van der Waals surface area contributed by atoms with Gasteiger partial charge in [0.15, 0.2) is 0 Å². The molecule has 0 unspecified atom stereocenters. The maximum atomic E-state index is 13.3. The van der Waals surface area contributed by atoms with E-state index in [-0.39, 0.29) is 18.0 Å². The van der Waals surface area contributed by atoms with E-state index in [1.165, 1.54) is 0 Å². The highest BCUT2D eigenvalue weighted by atomic mass is 16.5. The molecule has 8 heteroatoms. The maximum absolute atomic E-state index is 13.3. The van der Waals surface area contributed by atoms with Crippen LogP contribution in [0.25, 0.3) is 16.6 Å². The van der Waals surface area contributed by atoms with Gasteiger partial charge in [-0.3, -0.25) is 9.59 Å². The van der Waals surface area contributed by atoms with Crippen molar-refractivity contribution in [3.63, 3.8) is 0 Å². The second kappa shape index (κ2) is 8.31. The number of aryl methyl sites for hydroxylation is 1. The first-order valence-electron chi connectivity index (χ1n) is 10.5. The number of benzene rings is 2. The molecule has 3 heterocycles. The first kappa shape index (κ1) is 20.6. The van der Waals surface area contributed by atoms with Gasteiger partial charge < -0.3 is 19.0 Å². The zero-order valence-electron chi connectivity index (χ0n) is 18.2. The fourth-order valence-corrected chi connectivity index (χ4v) is 3.88. The molecule has 0 saturated heterocycles. The number of fused-ring (bicyclic) bond motifs is 3. The molecule has 1 amide bonds. The van der Waals surface area contributed by atoms with Gasteiger partial charge >= 0.3 is 0 Å². The Balaban J connectivity index is 1.55. The van der Waals surface area contributed by atoms with Crippen molar-refractivity contribution in [1.29, 1.82) is 0 Å². The third kappa shape index (κ3) is 3.87. The lowest BCUT2D eigenvalue weighted by atomic mass is 10.1. The van der Waals surface area contributed by atoms with Crippen molar-refractivity contribution in [3.05, 3.63) is 99.9 Å². The topological polar surface area (TPSA) is 90.8 Å². The van der Waals surface area contributed by atoms with Crippen LogP contribution in [0.1, 0.15) is 27.4 Å². The summed E-state index contributed by atoms with van der Waals surface area (Å²) in [7, 11) is 1.61. The van der Waals surface area contributed by atoms with Crippen LogP contribution in [-0.4, -0.2) is 27.2 Å². The molecule has 0 radical (unpaired) electrons. The van der Waals surface area contributed by atoms with E-state index >= 15 is 0 Å². The third-order valence-corrected chi connectivity index (χ3v) is 5.58. The summed E-state index contributed by atoms with van der Waals surface area (Å²) < 4.78 is 14.0. The molecule has 0 fully saturated rings. The van der Waals surface area contributed by atoms with Gasteiger partial charge in [-0.25, -0.2) is 4.52 Å². The van der Waals surface area contributed by atoms with Crippen LogP contribution in [0.2, 0.25) is 0 Å². The number of furan rings is 1. The Labute approximate surface area is 189 Å². The fourth-order valence-electron chi connectivity index (χ4n) is 3.88. The van der Waals surface area contributed by atoms with Crippen LogP contribution in [0.3, 0.4) is 0 Å². The summed E-state index contributed by atoms with van der Waals surface area (Å²) >= 11 is 0. The molecule has 5 aromatic rings. The molecule has 0 aliphatic heterocycles. The number of rotatable bonds is 6. The van der Waals surface area contributed by atoms with Gasteiger partial charge in [-0.15, -0.1) is 0 Å². The van der Waals surface area contributed by atoms with Gasteiger partial charge in [-0.1, -0.05) is 12.1 Å². The van der Waals surface area contributed by atoms with E-state index in [1.807, 2.05) is 49.4 Å². The van der Waals surface area contributed by atoms with Crippen LogP contribution >= 0.6 is 0 Å². The smallest absolute Gasteiger partial charge is 0.277 e. The minimum atomic E-state index is -0.255. The highest BCUT2D eigenvalue weighted by molar-refractivity contribution is 5.97. The number of hydrogen-bond acceptors (Lipinski definition) is 5. The van der Waals surface area contributed by atoms with Crippen molar-refractivity contribution >= 4 is 22.5 Å². The Morgan fingerprint density at radius 3 is 2.58 bits per heavy atom. The van der Waals surface area contributed by atoms with Crippen molar-refractivity contribution < 1.29 is 13.9 Å². The van der Waals surface area contributed by atoms with Crippen molar-refractivity contribution in [2.45, 2.75) is 20.0 Å². The lowest BCUT2D eigenvalue weighted by Crippen LogP contribution is -2.25. The summed E-state index contributed by atoms with van der Waals surface area (Å²) in [5.41, 5.74) is 3.03. The third-order valence-electron chi connectivity index (χ3n) is 5.58. The van der Waals surface area contributed by atoms with Gasteiger partial charge in [-0.05, 0) is 61.0 Å². The molecule has 0 spiro atoms. The fraction of sp³-hybridized carbons (Fsp3) is 0.160. The van der Waals surface area contributed by atoms with E-state index in [2.05, 4.69) is 10.4 Å².